The Balaban J connectivity index is 0.000000242. The van der Waals surface area contributed by atoms with Gasteiger partial charge in [0.2, 0.25) is 0 Å². The predicted octanol–water partition coefficient (Wildman–Crippen LogP) is 4.28. The van der Waals surface area contributed by atoms with Gasteiger partial charge in [-0.3, -0.25) is 0 Å². The normalized spacial score (nSPS) is 12.3. The molecule has 3 aromatic carbocycles. The minimum atomic E-state index is -6.09. The zero-order valence-electron chi connectivity index (χ0n) is 13.4. The van der Waals surface area contributed by atoms with E-state index in [1.807, 2.05) is 0 Å². The van der Waals surface area contributed by atoms with Crippen molar-refractivity contribution in [3.05, 3.63) is 54.6 Å². The molecule has 3 rings (SSSR count). The van der Waals surface area contributed by atoms with Gasteiger partial charge in [-0.05, 0) is 34.4 Å². The molecule has 0 unspecified atom stereocenters. The Bertz CT molecular complexity index is 997. The third-order valence-electron chi connectivity index (χ3n) is 3.43. The molecule has 0 saturated carbocycles. The molecule has 0 amide bonds. The van der Waals surface area contributed by atoms with E-state index in [0.29, 0.717) is 10.9 Å². The quantitative estimate of drug-likeness (QED) is 0.271. The second kappa shape index (κ2) is 7.23. The Hall–Kier alpha value is -1.77. The Morgan fingerprint density at radius 1 is 0.880 bits per heavy atom. The van der Waals surface area contributed by atoms with Gasteiger partial charge in [-0.25, -0.2) is 8.42 Å². The molecule has 0 spiro atoms. The SMILES string of the molecule is C[S+](C)c1cccc2cc3ccccc3cc12.O=S(=O)([O-])C(F)(F)F. The van der Waals surface area contributed by atoms with Crippen molar-refractivity contribution in [2.24, 2.45) is 0 Å². The number of rotatable bonds is 1. The molecule has 0 atom stereocenters. The zero-order valence-corrected chi connectivity index (χ0v) is 15.0. The zero-order chi connectivity index (χ0) is 18.8. The van der Waals surface area contributed by atoms with Crippen LogP contribution in [0.3, 0.4) is 0 Å². The standard InChI is InChI=1S/C16H15S.CHF3O3S/c1-17(2)16-9-5-8-14-10-12-6-3-4-7-13(12)11-15(14)16;2-1(3,4)8(5,6)7/h3-11H,1-2H3;(H,5,6,7)/q+1;/p-1. The fraction of sp³-hybridized carbons (Fsp3) is 0.176. The smallest absolute Gasteiger partial charge is 0.485 e. The summed E-state index contributed by atoms with van der Waals surface area (Å²) in [6, 6.07) is 19.8. The topological polar surface area (TPSA) is 57.2 Å². The second-order valence-electron chi connectivity index (χ2n) is 5.39. The number of fused-ring (bicyclic) bond motifs is 2. The monoisotopic (exact) mass is 388 g/mol. The minimum absolute atomic E-state index is 0.304. The van der Waals surface area contributed by atoms with Crippen LogP contribution in [0.15, 0.2) is 59.5 Å². The van der Waals surface area contributed by atoms with Gasteiger partial charge >= 0.3 is 5.51 Å². The van der Waals surface area contributed by atoms with Gasteiger partial charge in [0.05, 0.1) is 0 Å². The number of benzene rings is 3. The lowest BCUT2D eigenvalue weighted by atomic mass is 10.0. The number of hydrogen-bond acceptors (Lipinski definition) is 3. The largest absolute Gasteiger partial charge is 0.741 e. The van der Waals surface area contributed by atoms with Crippen molar-refractivity contribution in [1.82, 2.24) is 0 Å². The highest BCUT2D eigenvalue weighted by atomic mass is 32.2. The van der Waals surface area contributed by atoms with Gasteiger partial charge in [0, 0.05) is 16.3 Å². The van der Waals surface area contributed by atoms with E-state index < -0.39 is 15.6 Å². The van der Waals surface area contributed by atoms with Crippen LogP contribution >= 0.6 is 0 Å². The van der Waals surface area contributed by atoms with E-state index in [4.69, 9.17) is 13.0 Å². The summed E-state index contributed by atoms with van der Waals surface area (Å²) in [5, 5.41) is 5.41. The fourth-order valence-electron chi connectivity index (χ4n) is 2.29. The van der Waals surface area contributed by atoms with E-state index in [2.05, 4.69) is 67.1 Å². The molecule has 0 saturated heterocycles. The van der Waals surface area contributed by atoms with Crippen molar-refractivity contribution in [2.45, 2.75) is 10.4 Å². The average molecular weight is 388 g/mol. The number of halogens is 3. The average Bonchev–Trinajstić information content (AvgIpc) is 2.50. The van der Waals surface area contributed by atoms with Gasteiger partial charge < -0.3 is 4.55 Å². The molecule has 0 aromatic heterocycles. The summed E-state index contributed by atoms with van der Waals surface area (Å²) < 4.78 is 58.9. The summed E-state index contributed by atoms with van der Waals surface area (Å²) in [6.45, 7) is 0. The Labute approximate surface area is 146 Å². The van der Waals surface area contributed by atoms with Crippen LogP contribution in [0.1, 0.15) is 0 Å². The predicted molar refractivity (Wildman–Crippen MR) is 94.7 cm³/mol. The van der Waals surface area contributed by atoms with Crippen molar-refractivity contribution in [2.75, 3.05) is 12.5 Å². The van der Waals surface area contributed by atoms with Gasteiger partial charge in [0.15, 0.2) is 15.0 Å². The lowest BCUT2D eigenvalue weighted by Crippen LogP contribution is -2.21. The van der Waals surface area contributed by atoms with E-state index in [1.54, 1.807) is 0 Å². The first kappa shape index (κ1) is 19.6. The number of alkyl halides is 3. The first-order valence-electron chi connectivity index (χ1n) is 7.02. The minimum Gasteiger partial charge on any atom is -0.741 e. The maximum Gasteiger partial charge on any atom is 0.485 e. The first-order valence-corrected chi connectivity index (χ1v) is 10.5. The molecule has 8 heteroatoms. The van der Waals surface area contributed by atoms with E-state index in [9.17, 15) is 13.2 Å². The van der Waals surface area contributed by atoms with Crippen LogP contribution in [-0.2, 0) is 21.0 Å². The van der Waals surface area contributed by atoms with Crippen molar-refractivity contribution >= 4 is 42.6 Å². The van der Waals surface area contributed by atoms with E-state index in [1.165, 1.54) is 26.4 Å². The Morgan fingerprint density at radius 2 is 1.36 bits per heavy atom. The van der Waals surface area contributed by atoms with Gasteiger partial charge in [-0.15, -0.1) is 0 Å². The molecule has 134 valence electrons. The molecular formula is C17H15F3O3S2. The highest BCUT2D eigenvalue weighted by molar-refractivity contribution is 7.95. The van der Waals surface area contributed by atoms with E-state index in [-0.39, 0.29) is 0 Å². The van der Waals surface area contributed by atoms with Gasteiger partial charge in [0.1, 0.15) is 12.5 Å². The maximum absolute atomic E-state index is 10.7. The summed E-state index contributed by atoms with van der Waals surface area (Å²) in [6.07, 6.45) is 4.56. The molecule has 0 radical (unpaired) electrons. The Kier molecular flexibility index (Phi) is 5.65. The van der Waals surface area contributed by atoms with Crippen molar-refractivity contribution in [1.29, 1.82) is 0 Å². The number of hydrogen-bond donors (Lipinski definition) is 0. The molecule has 0 N–H and O–H groups in total. The summed E-state index contributed by atoms with van der Waals surface area (Å²) in [5.41, 5.74) is -5.65. The molecule has 0 aliphatic heterocycles. The van der Waals surface area contributed by atoms with Crippen LogP contribution in [0.5, 0.6) is 0 Å². The molecular weight excluding hydrogens is 373 g/mol. The van der Waals surface area contributed by atoms with Gasteiger partial charge in [0.25, 0.3) is 0 Å². The van der Waals surface area contributed by atoms with Crippen LogP contribution in [0, 0.1) is 0 Å². The van der Waals surface area contributed by atoms with Crippen LogP contribution in [0.2, 0.25) is 0 Å². The van der Waals surface area contributed by atoms with Crippen molar-refractivity contribution < 1.29 is 26.1 Å². The lowest BCUT2D eigenvalue weighted by Gasteiger charge is -2.08. The molecule has 3 nitrogen and oxygen atoms in total. The first-order chi connectivity index (χ1) is 11.5. The van der Waals surface area contributed by atoms with Crippen molar-refractivity contribution in [3.63, 3.8) is 0 Å². The highest BCUT2D eigenvalue weighted by Crippen LogP contribution is 2.28. The third kappa shape index (κ3) is 4.65. The summed E-state index contributed by atoms with van der Waals surface area (Å²) >= 11 is 0. The van der Waals surface area contributed by atoms with Crippen LogP contribution < -0.4 is 0 Å². The van der Waals surface area contributed by atoms with Gasteiger partial charge in [-0.2, -0.15) is 13.2 Å². The van der Waals surface area contributed by atoms with Crippen LogP contribution in [0.25, 0.3) is 21.5 Å². The fourth-order valence-corrected chi connectivity index (χ4v) is 3.26. The highest BCUT2D eigenvalue weighted by Gasteiger charge is 2.36. The van der Waals surface area contributed by atoms with E-state index >= 15 is 0 Å². The maximum atomic E-state index is 10.7. The molecule has 3 aromatic rings. The lowest BCUT2D eigenvalue weighted by molar-refractivity contribution is -0.0517. The van der Waals surface area contributed by atoms with E-state index in [0.717, 1.165) is 0 Å². The molecule has 0 aliphatic rings. The van der Waals surface area contributed by atoms with Crippen LogP contribution in [-0.4, -0.2) is 31.0 Å². The van der Waals surface area contributed by atoms with Crippen molar-refractivity contribution in [3.8, 4) is 0 Å². The molecule has 0 fully saturated rings. The second-order valence-corrected chi connectivity index (χ2v) is 8.84. The summed E-state index contributed by atoms with van der Waals surface area (Å²) in [7, 11) is -5.79. The summed E-state index contributed by atoms with van der Waals surface area (Å²) in [5.74, 6) is 0. The molecule has 25 heavy (non-hydrogen) atoms. The summed E-state index contributed by atoms with van der Waals surface area (Å²) in [4.78, 5) is 1.47. The van der Waals surface area contributed by atoms with Gasteiger partial charge in [-0.1, -0.05) is 36.4 Å². The third-order valence-corrected chi connectivity index (χ3v) is 5.23. The molecule has 0 bridgehead atoms. The van der Waals surface area contributed by atoms with Crippen LogP contribution in [0.4, 0.5) is 13.2 Å². The molecule has 0 aliphatic carbocycles. The Morgan fingerprint density at radius 3 is 1.84 bits per heavy atom. The molecule has 0 heterocycles.